The van der Waals surface area contributed by atoms with E-state index in [0.717, 1.165) is 31.2 Å². The van der Waals surface area contributed by atoms with Gasteiger partial charge in [-0.1, -0.05) is 30.3 Å². The molecule has 4 heteroatoms. The Labute approximate surface area is 185 Å². The van der Waals surface area contributed by atoms with Crippen LogP contribution in [0, 0.1) is 12.7 Å². The normalized spacial score (nSPS) is 27.4. The van der Waals surface area contributed by atoms with E-state index in [1.807, 2.05) is 6.07 Å². The molecule has 1 aliphatic carbocycles. The largest absolute Gasteiger partial charge is 0.357 e. The first-order valence-corrected chi connectivity index (χ1v) is 11.7. The molecule has 0 amide bonds. The number of likely N-dealkylation sites (tertiary alicyclic amines) is 1. The van der Waals surface area contributed by atoms with Crippen molar-refractivity contribution < 1.29 is 4.39 Å². The molecule has 164 valence electrons. The van der Waals surface area contributed by atoms with Crippen molar-refractivity contribution in [2.75, 3.05) is 27.2 Å². The van der Waals surface area contributed by atoms with Crippen LogP contribution in [0.3, 0.4) is 0 Å². The fourth-order valence-corrected chi connectivity index (χ4v) is 6.47. The molecule has 1 saturated carbocycles. The molecule has 1 saturated heterocycles. The molecular formula is C27H34FN3. The van der Waals surface area contributed by atoms with Crippen LogP contribution in [-0.4, -0.2) is 42.0 Å². The number of aryl methyl sites for hydroxylation is 1. The topological polar surface area (TPSA) is 22.3 Å². The molecule has 0 radical (unpaired) electrons. The van der Waals surface area contributed by atoms with Gasteiger partial charge >= 0.3 is 0 Å². The fraction of sp³-hybridized carbons (Fsp3) is 0.481. The number of H-pyrrole nitrogens is 1. The molecule has 1 N–H and O–H groups in total. The van der Waals surface area contributed by atoms with Crippen molar-refractivity contribution >= 4 is 10.9 Å². The van der Waals surface area contributed by atoms with E-state index in [1.54, 1.807) is 12.1 Å². The van der Waals surface area contributed by atoms with Gasteiger partial charge in [-0.15, -0.1) is 0 Å². The highest BCUT2D eigenvalue weighted by Crippen LogP contribution is 2.52. The SMILES string of the molecule is Cc1c(C2(N3CCCC3)CCC(c3cccc(F)c3)(N(C)C)CC2)[nH]c2ccccc12. The minimum absolute atomic E-state index is 0.0342. The van der Waals surface area contributed by atoms with Crippen LogP contribution in [0.15, 0.2) is 48.5 Å². The average molecular weight is 420 g/mol. The van der Waals surface area contributed by atoms with Crippen LogP contribution in [0.4, 0.5) is 4.39 Å². The van der Waals surface area contributed by atoms with Crippen LogP contribution in [0.1, 0.15) is 55.3 Å². The monoisotopic (exact) mass is 419 g/mol. The summed E-state index contributed by atoms with van der Waals surface area (Å²) in [5, 5.41) is 1.34. The molecule has 1 aliphatic heterocycles. The first-order valence-electron chi connectivity index (χ1n) is 11.7. The number of rotatable bonds is 4. The fourth-order valence-electron chi connectivity index (χ4n) is 6.47. The quantitative estimate of drug-likeness (QED) is 0.565. The number of fused-ring (bicyclic) bond motifs is 1. The number of hydrogen-bond donors (Lipinski definition) is 1. The highest BCUT2D eigenvalue weighted by atomic mass is 19.1. The van der Waals surface area contributed by atoms with E-state index in [2.05, 4.69) is 66.1 Å². The molecule has 2 aliphatic rings. The van der Waals surface area contributed by atoms with Crippen molar-refractivity contribution in [3.05, 3.63) is 71.2 Å². The number of halogens is 1. The summed E-state index contributed by atoms with van der Waals surface area (Å²) in [5.74, 6) is -0.137. The van der Waals surface area contributed by atoms with Gasteiger partial charge in [-0.25, -0.2) is 4.39 Å². The maximum absolute atomic E-state index is 14.2. The number of hydrogen-bond acceptors (Lipinski definition) is 2. The molecule has 0 atom stereocenters. The van der Waals surface area contributed by atoms with E-state index in [1.165, 1.54) is 48.1 Å². The van der Waals surface area contributed by atoms with Gasteiger partial charge in [-0.3, -0.25) is 9.80 Å². The lowest BCUT2D eigenvalue weighted by atomic mass is 9.66. The average Bonchev–Trinajstić information content (AvgIpc) is 3.43. The molecule has 0 bridgehead atoms. The maximum Gasteiger partial charge on any atom is 0.123 e. The van der Waals surface area contributed by atoms with Gasteiger partial charge in [-0.05, 0) is 102 Å². The zero-order chi connectivity index (χ0) is 21.6. The minimum Gasteiger partial charge on any atom is -0.357 e. The third kappa shape index (κ3) is 3.23. The Hall–Kier alpha value is -2.17. The van der Waals surface area contributed by atoms with Crippen molar-refractivity contribution in [1.82, 2.24) is 14.8 Å². The van der Waals surface area contributed by atoms with Crippen molar-refractivity contribution in [3.8, 4) is 0 Å². The first kappa shape index (κ1) is 20.7. The Morgan fingerprint density at radius 1 is 0.935 bits per heavy atom. The molecule has 2 aromatic carbocycles. The lowest BCUT2D eigenvalue weighted by Crippen LogP contribution is -2.54. The lowest BCUT2D eigenvalue weighted by Gasteiger charge is -2.53. The molecule has 3 nitrogen and oxygen atoms in total. The molecule has 0 unspecified atom stereocenters. The summed E-state index contributed by atoms with van der Waals surface area (Å²) in [4.78, 5) is 8.91. The molecule has 3 aromatic rings. The summed E-state index contributed by atoms with van der Waals surface area (Å²) in [7, 11) is 4.31. The van der Waals surface area contributed by atoms with Crippen molar-refractivity contribution in [3.63, 3.8) is 0 Å². The lowest BCUT2D eigenvalue weighted by molar-refractivity contribution is -0.00620. The van der Waals surface area contributed by atoms with Crippen LogP contribution >= 0.6 is 0 Å². The van der Waals surface area contributed by atoms with Gasteiger partial charge in [0.05, 0.1) is 5.54 Å². The molecule has 1 aromatic heterocycles. The summed E-state index contributed by atoms with van der Waals surface area (Å²) in [6.07, 6.45) is 6.77. The third-order valence-electron chi connectivity index (χ3n) is 8.26. The Morgan fingerprint density at radius 2 is 1.65 bits per heavy atom. The zero-order valence-electron chi connectivity index (χ0n) is 19.0. The number of benzene rings is 2. The second kappa shape index (κ2) is 7.75. The molecule has 2 fully saturated rings. The number of aromatic amines is 1. The van der Waals surface area contributed by atoms with E-state index in [0.29, 0.717) is 0 Å². The summed E-state index contributed by atoms with van der Waals surface area (Å²) < 4.78 is 14.2. The molecule has 5 rings (SSSR count). The van der Waals surface area contributed by atoms with Gasteiger partial charge in [-0.2, -0.15) is 0 Å². The van der Waals surface area contributed by atoms with Crippen LogP contribution in [-0.2, 0) is 11.1 Å². The van der Waals surface area contributed by atoms with E-state index in [9.17, 15) is 4.39 Å². The Kier molecular flexibility index (Phi) is 5.18. The number of nitrogens with one attached hydrogen (secondary N) is 1. The smallest absolute Gasteiger partial charge is 0.123 e. The van der Waals surface area contributed by atoms with Crippen LogP contribution in [0.5, 0.6) is 0 Å². The predicted molar refractivity (Wildman–Crippen MR) is 126 cm³/mol. The number of aromatic nitrogens is 1. The van der Waals surface area contributed by atoms with Gasteiger partial charge in [0.15, 0.2) is 0 Å². The summed E-state index contributed by atoms with van der Waals surface area (Å²) in [6, 6.07) is 16.0. The molecule has 31 heavy (non-hydrogen) atoms. The van der Waals surface area contributed by atoms with E-state index >= 15 is 0 Å². The van der Waals surface area contributed by atoms with Crippen molar-refractivity contribution in [2.45, 2.75) is 56.5 Å². The van der Waals surface area contributed by atoms with Crippen molar-refractivity contribution in [1.29, 1.82) is 0 Å². The summed E-state index contributed by atoms with van der Waals surface area (Å²) in [6.45, 7) is 4.62. The maximum atomic E-state index is 14.2. The van der Waals surface area contributed by atoms with Crippen LogP contribution in [0.25, 0.3) is 10.9 Å². The van der Waals surface area contributed by atoms with Gasteiger partial charge in [0, 0.05) is 22.1 Å². The van der Waals surface area contributed by atoms with Crippen molar-refractivity contribution in [2.24, 2.45) is 0 Å². The minimum atomic E-state index is -0.137. The summed E-state index contributed by atoms with van der Waals surface area (Å²) >= 11 is 0. The van der Waals surface area contributed by atoms with Crippen LogP contribution < -0.4 is 0 Å². The van der Waals surface area contributed by atoms with E-state index < -0.39 is 0 Å². The Balaban J connectivity index is 1.58. The van der Waals surface area contributed by atoms with Gasteiger partial charge in [0.25, 0.3) is 0 Å². The number of para-hydroxylation sites is 1. The summed E-state index contributed by atoms with van der Waals surface area (Å²) in [5.41, 5.74) is 5.06. The zero-order valence-corrected chi connectivity index (χ0v) is 19.0. The third-order valence-corrected chi connectivity index (χ3v) is 8.26. The Bertz CT molecular complexity index is 1070. The standard InChI is InChI=1S/C27H34FN3/c1-20-23-11-4-5-12-24(23)29-25(20)27(31-17-6-7-18-31)15-13-26(14-16-27,30(2)3)21-9-8-10-22(28)19-21/h4-5,8-12,19,29H,6-7,13-18H2,1-3H3. The first-order chi connectivity index (χ1) is 15.0. The van der Waals surface area contributed by atoms with Gasteiger partial charge < -0.3 is 4.98 Å². The van der Waals surface area contributed by atoms with E-state index in [4.69, 9.17) is 0 Å². The molecule has 0 spiro atoms. The van der Waals surface area contributed by atoms with E-state index in [-0.39, 0.29) is 16.9 Å². The highest BCUT2D eigenvalue weighted by Gasteiger charge is 2.50. The molecular weight excluding hydrogens is 385 g/mol. The second-order valence-corrected chi connectivity index (χ2v) is 9.83. The predicted octanol–water partition coefficient (Wildman–Crippen LogP) is 5.94. The second-order valence-electron chi connectivity index (χ2n) is 9.83. The number of nitrogens with zero attached hydrogens (tertiary/aromatic N) is 2. The Morgan fingerprint density at radius 3 is 2.29 bits per heavy atom. The molecule has 2 heterocycles. The van der Waals surface area contributed by atoms with Gasteiger partial charge in [0.2, 0.25) is 0 Å². The van der Waals surface area contributed by atoms with Gasteiger partial charge in [0.1, 0.15) is 5.82 Å². The van der Waals surface area contributed by atoms with Crippen LogP contribution in [0.2, 0.25) is 0 Å². The highest BCUT2D eigenvalue weighted by molar-refractivity contribution is 5.84.